The van der Waals surface area contributed by atoms with Crippen molar-refractivity contribution < 1.29 is 27.5 Å². The number of β-amino-alcohol motifs (C(OH)–C–C–N with tert-alkyl or cyclic N) is 1. The molecule has 0 spiro atoms. The Bertz CT molecular complexity index is 794. The van der Waals surface area contributed by atoms with Crippen LogP contribution in [-0.2, 0) is 6.18 Å². The Morgan fingerprint density at radius 2 is 2.00 bits per heavy atom. The quantitative estimate of drug-likeness (QED) is 0.843. The van der Waals surface area contributed by atoms with Crippen LogP contribution < -0.4 is 0 Å². The number of rotatable bonds is 2. The topological polar surface area (TPSA) is 53.4 Å². The third kappa shape index (κ3) is 3.63. The lowest BCUT2D eigenvalue weighted by atomic mass is 10.0. The Balaban J connectivity index is 1.94. The van der Waals surface area contributed by atoms with E-state index < -0.39 is 35.6 Å². The highest BCUT2D eigenvalue weighted by Gasteiger charge is 2.37. The second-order valence-electron chi connectivity index (χ2n) is 5.88. The van der Waals surface area contributed by atoms with E-state index >= 15 is 0 Å². The molecule has 1 N–H and O–H groups in total. The molecule has 132 valence electrons. The van der Waals surface area contributed by atoms with Gasteiger partial charge in [0, 0.05) is 12.7 Å². The monoisotopic (exact) mass is 354 g/mol. The van der Waals surface area contributed by atoms with Crippen LogP contribution in [0.25, 0.3) is 0 Å². The van der Waals surface area contributed by atoms with Gasteiger partial charge in [0.2, 0.25) is 0 Å². The Hall–Kier alpha value is -2.48. The number of amides is 1. The summed E-state index contributed by atoms with van der Waals surface area (Å²) < 4.78 is 52.0. The molecule has 0 bridgehead atoms. The van der Waals surface area contributed by atoms with E-state index in [4.69, 9.17) is 0 Å². The highest BCUT2D eigenvalue weighted by atomic mass is 19.4. The Morgan fingerprint density at radius 1 is 1.24 bits per heavy atom. The molecule has 1 aliphatic heterocycles. The third-order valence-electron chi connectivity index (χ3n) is 4.09. The zero-order valence-corrected chi connectivity index (χ0v) is 12.9. The van der Waals surface area contributed by atoms with Crippen molar-refractivity contribution >= 4 is 5.91 Å². The molecule has 1 saturated heterocycles. The summed E-state index contributed by atoms with van der Waals surface area (Å²) in [5.74, 6) is -1.29. The molecule has 8 heteroatoms. The molecule has 1 aliphatic rings. The van der Waals surface area contributed by atoms with E-state index in [0.29, 0.717) is 0 Å². The number of halogens is 4. The molecule has 0 saturated carbocycles. The van der Waals surface area contributed by atoms with Crippen LogP contribution in [0.1, 0.15) is 33.9 Å². The van der Waals surface area contributed by atoms with Crippen molar-refractivity contribution in [2.45, 2.75) is 24.7 Å². The van der Waals surface area contributed by atoms with Crippen molar-refractivity contribution in [1.82, 2.24) is 9.88 Å². The summed E-state index contributed by atoms with van der Waals surface area (Å²) >= 11 is 0. The number of aromatic nitrogens is 1. The highest BCUT2D eigenvalue weighted by Crippen LogP contribution is 2.36. The van der Waals surface area contributed by atoms with E-state index in [1.165, 1.54) is 23.2 Å². The van der Waals surface area contributed by atoms with Gasteiger partial charge in [-0.05, 0) is 30.2 Å². The van der Waals surface area contributed by atoms with Crippen LogP contribution in [0.4, 0.5) is 17.6 Å². The first-order valence-corrected chi connectivity index (χ1v) is 7.52. The van der Waals surface area contributed by atoms with E-state index in [0.717, 1.165) is 24.4 Å². The number of likely N-dealkylation sites (tertiary alicyclic amines) is 1. The number of benzene rings is 1. The molecule has 25 heavy (non-hydrogen) atoms. The minimum atomic E-state index is -4.51. The first-order valence-electron chi connectivity index (χ1n) is 7.52. The van der Waals surface area contributed by atoms with E-state index in [9.17, 15) is 27.5 Å². The lowest BCUT2D eigenvalue weighted by molar-refractivity contribution is -0.137. The molecule has 0 radical (unpaired) electrons. The fourth-order valence-corrected chi connectivity index (χ4v) is 2.97. The number of alkyl halides is 3. The molecule has 1 aromatic carbocycles. The van der Waals surface area contributed by atoms with Crippen molar-refractivity contribution in [3.63, 3.8) is 0 Å². The summed E-state index contributed by atoms with van der Waals surface area (Å²) in [5.41, 5.74) is -0.582. The fraction of sp³-hybridized carbons (Fsp3) is 0.294. The summed E-state index contributed by atoms with van der Waals surface area (Å²) in [6.45, 7) is -0.0454. The summed E-state index contributed by atoms with van der Waals surface area (Å²) in [6, 6.07) is 4.92. The number of nitrogens with zero attached hydrogens (tertiary/aromatic N) is 2. The van der Waals surface area contributed by atoms with Gasteiger partial charge in [-0.15, -0.1) is 0 Å². The Kier molecular flexibility index (Phi) is 4.47. The van der Waals surface area contributed by atoms with Crippen molar-refractivity contribution in [3.8, 4) is 0 Å². The predicted octanol–water partition coefficient (Wildman–Crippen LogP) is 3.19. The smallest absolute Gasteiger partial charge is 0.391 e. The number of hydrogen-bond acceptors (Lipinski definition) is 3. The zero-order valence-electron chi connectivity index (χ0n) is 12.9. The summed E-state index contributed by atoms with van der Waals surface area (Å²) in [6.07, 6.45) is -3.14. The minimum absolute atomic E-state index is 0.0222. The van der Waals surface area contributed by atoms with Crippen LogP contribution in [0.3, 0.4) is 0 Å². The first-order chi connectivity index (χ1) is 11.8. The van der Waals surface area contributed by atoms with E-state index in [2.05, 4.69) is 4.98 Å². The molecule has 2 aromatic rings. The van der Waals surface area contributed by atoms with Gasteiger partial charge in [0.05, 0.1) is 29.5 Å². The third-order valence-corrected chi connectivity index (χ3v) is 4.09. The number of carbonyl (C=O) groups excluding carboxylic acids is 1. The SMILES string of the molecule is O=C(c1cncc(F)c1)N1CC(O)CC1c1cccc(C(F)(F)F)c1. The van der Waals surface area contributed by atoms with Gasteiger partial charge in [-0.2, -0.15) is 13.2 Å². The molecule has 1 amide bonds. The maximum absolute atomic E-state index is 13.3. The van der Waals surface area contributed by atoms with E-state index in [1.54, 1.807) is 0 Å². The standard InChI is InChI=1S/C17H14F4N2O2/c18-13-5-11(7-22-8-13)16(25)23-9-14(24)6-15(23)10-2-1-3-12(4-10)17(19,20)21/h1-5,7-8,14-15,24H,6,9H2. The summed E-state index contributed by atoms with van der Waals surface area (Å²) in [7, 11) is 0. The lowest BCUT2D eigenvalue weighted by Gasteiger charge is -2.25. The van der Waals surface area contributed by atoms with Crippen molar-refractivity contribution in [2.75, 3.05) is 6.54 Å². The van der Waals surface area contributed by atoms with Crippen molar-refractivity contribution in [2.24, 2.45) is 0 Å². The van der Waals surface area contributed by atoms with Gasteiger partial charge in [0.1, 0.15) is 5.82 Å². The van der Waals surface area contributed by atoms with Crippen LogP contribution in [0.2, 0.25) is 0 Å². The van der Waals surface area contributed by atoms with Crippen LogP contribution in [0, 0.1) is 5.82 Å². The lowest BCUT2D eigenvalue weighted by Crippen LogP contribution is -2.32. The highest BCUT2D eigenvalue weighted by molar-refractivity contribution is 5.94. The molecule has 3 rings (SSSR count). The van der Waals surface area contributed by atoms with Crippen LogP contribution in [-0.4, -0.2) is 33.5 Å². The molecule has 2 heterocycles. The zero-order chi connectivity index (χ0) is 18.2. The average molecular weight is 354 g/mol. The van der Waals surface area contributed by atoms with E-state index in [1.807, 2.05) is 0 Å². The maximum atomic E-state index is 13.3. The summed E-state index contributed by atoms with van der Waals surface area (Å²) in [4.78, 5) is 17.4. The number of aliphatic hydroxyl groups excluding tert-OH is 1. The molecule has 4 nitrogen and oxygen atoms in total. The van der Waals surface area contributed by atoms with Gasteiger partial charge < -0.3 is 10.0 Å². The normalized spacial score (nSPS) is 20.8. The van der Waals surface area contributed by atoms with Crippen LogP contribution in [0.5, 0.6) is 0 Å². The van der Waals surface area contributed by atoms with E-state index in [-0.39, 0.29) is 24.1 Å². The number of pyridine rings is 1. The molecular weight excluding hydrogens is 340 g/mol. The van der Waals surface area contributed by atoms with Gasteiger partial charge in [-0.25, -0.2) is 4.39 Å². The second-order valence-corrected chi connectivity index (χ2v) is 5.88. The number of aliphatic hydroxyl groups is 1. The largest absolute Gasteiger partial charge is 0.416 e. The fourth-order valence-electron chi connectivity index (χ4n) is 2.97. The molecule has 1 fully saturated rings. The van der Waals surface area contributed by atoms with Gasteiger partial charge in [-0.1, -0.05) is 12.1 Å². The average Bonchev–Trinajstić information content (AvgIpc) is 2.95. The predicted molar refractivity (Wildman–Crippen MR) is 80.0 cm³/mol. The van der Waals surface area contributed by atoms with Crippen LogP contribution >= 0.6 is 0 Å². The molecule has 2 atom stereocenters. The molecular formula is C17H14F4N2O2. The van der Waals surface area contributed by atoms with Gasteiger partial charge in [0.25, 0.3) is 5.91 Å². The molecule has 2 unspecified atom stereocenters. The first kappa shape index (κ1) is 17.3. The summed E-state index contributed by atoms with van der Waals surface area (Å²) in [5, 5.41) is 9.91. The molecule has 0 aliphatic carbocycles. The Labute approximate surface area is 140 Å². The number of hydrogen-bond donors (Lipinski definition) is 1. The van der Waals surface area contributed by atoms with Gasteiger partial charge in [-0.3, -0.25) is 9.78 Å². The van der Waals surface area contributed by atoms with Crippen molar-refractivity contribution in [1.29, 1.82) is 0 Å². The number of carbonyl (C=O) groups is 1. The minimum Gasteiger partial charge on any atom is -0.391 e. The second kappa shape index (κ2) is 6.44. The van der Waals surface area contributed by atoms with Crippen molar-refractivity contribution in [3.05, 3.63) is 65.2 Å². The maximum Gasteiger partial charge on any atom is 0.416 e. The molecule has 1 aromatic heterocycles. The Morgan fingerprint density at radius 3 is 2.68 bits per heavy atom. The van der Waals surface area contributed by atoms with Gasteiger partial charge >= 0.3 is 6.18 Å². The van der Waals surface area contributed by atoms with Crippen LogP contribution in [0.15, 0.2) is 42.7 Å². The van der Waals surface area contributed by atoms with Gasteiger partial charge in [0.15, 0.2) is 0 Å².